The third-order valence-corrected chi connectivity index (χ3v) is 1.94. The third-order valence-electron chi connectivity index (χ3n) is 1.75. The van der Waals surface area contributed by atoms with Crippen molar-refractivity contribution < 1.29 is 9.13 Å². The van der Waals surface area contributed by atoms with E-state index < -0.39 is 6.08 Å². The largest absolute Gasteiger partial charge is 0.439 e. The number of anilines is 1. The lowest BCUT2D eigenvalue weighted by molar-refractivity contribution is 0.435. The van der Waals surface area contributed by atoms with Crippen molar-refractivity contribution in [3.05, 3.63) is 41.6 Å². The number of hydrogen-bond donors (Lipinski definition) is 1. The Labute approximate surface area is 95.9 Å². The molecule has 0 atom stereocenters. The van der Waals surface area contributed by atoms with Gasteiger partial charge in [0.25, 0.3) is 0 Å². The second kappa shape index (κ2) is 4.32. The van der Waals surface area contributed by atoms with Gasteiger partial charge >= 0.3 is 6.08 Å². The molecule has 2 rings (SSSR count). The van der Waals surface area contributed by atoms with Gasteiger partial charge in [-0.1, -0.05) is 11.6 Å². The molecular weight excluding hydrogens is 233 g/mol. The molecule has 2 aromatic rings. The highest BCUT2D eigenvalue weighted by molar-refractivity contribution is 6.29. The zero-order chi connectivity index (χ0) is 11.5. The molecule has 0 aliphatic rings. The van der Waals surface area contributed by atoms with Gasteiger partial charge in [0.2, 0.25) is 5.88 Å². The van der Waals surface area contributed by atoms with E-state index in [2.05, 4.69) is 9.97 Å². The fraction of sp³-hybridized carbons (Fsp3) is 0. The second-order valence-corrected chi connectivity index (χ2v) is 3.36. The number of nitrogen functional groups attached to an aromatic ring is 1. The molecule has 0 aliphatic heterocycles. The van der Waals surface area contributed by atoms with E-state index in [0.717, 1.165) is 0 Å². The van der Waals surface area contributed by atoms with Gasteiger partial charge in [-0.25, -0.2) is 0 Å². The van der Waals surface area contributed by atoms with E-state index in [4.69, 9.17) is 22.1 Å². The predicted octanol–water partition coefficient (Wildman–Crippen LogP) is 2.64. The van der Waals surface area contributed by atoms with Crippen molar-refractivity contribution in [2.24, 2.45) is 0 Å². The average Bonchev–Trinajstić information content (AvgIpc) is 2.20. The van der Waals surface area contributed by atoms with Crippen LogP contribution in [0.25, 0.3) is 0 Å². The maximum Gasteiger partial charge on any atom is 0.313 e. The van der Waals surface area contributed by atoms with E-state index in [1.165, 1.54) is 6.07 Å². The van der Waals surface area contributed by atoms with E-state index >= 15 is 0 Å². The summed E-state index contributed by atoms with van der Waals surface area (Å²) in [6, 6.07) is 7.93. The number of halogens is 2. The molecule has 4 nitrogen and oxygen atoms in total. The Kier molecular flexibility index (Phi) is 2.87. The van der Waals surface area contributed by atoms with Crippen molar-refractivity contribution in [2.45, 2.75) is 0 Å². The summed E-state index contributed by atoms with van der Waals surface area (Å²) >= 11 is 5.55. The maximum atomic E-state index is 12.8. The Hall–Kier alpha value is -1.88. The highest BCUT2D eigenvalue weighted by Gasteiger charge is 2.04. The lowest BCUT2D eigenvalue weighted by atomic mass is 10.3. The number of rotatable bonds is 2. The molecule has 1 aromatic carbocycles. The molecule has 16 heavy (non-hydrogen) atoms. The number of nitrogens with zero attached hydrogens (tertiary/aromatic N) is 2. The number of hydrogen-bond acceptors (Lipinski definition) is 4. The van der Waals surface area contributed by atoms with Crippen LogP contribution >= 0.6 is 11.6 Å². The molecule has 2 N–H and O–H groups in total. The van der Waals surface area contributed by atoms with Crippen LogP contribution in [0.1, 0.15) is 0 Å². The van der Waals surface area contributed by atoms with Gasteiger partial charge in [0.05, 0.1) is 0 Å². The zero-order valence-corrected chi connectivity index (χ0v) is 8.78. The van der Waals surface area contributed by atoms with E-state index in [1.54, 1.807) is 24.3 Å². The first-order valence-electron chi connectivity index (χ1n) is 4.37. The first-order chi connectivity index (χ1) is 7.63. The fourth-order valence-corrected chi connectivity index (χ4v) is 1.24. The van der Waals surface area contributed by atoms with E-state index in [-0.39, 0.29) is 11.0 Å². The molecule has 0 fully saturated rings. The highest BCUT2D eigenvalue weighted by Crippen LogP contribution is 2.22. The quantitative estimate of drug-likeness (QED) is 0.497. The van der Waals surface area contributed by atoms with Crippen molar-refractivity contribution in [3.63, 3.8) is 0 Å². The monoisotopic (exact) mass is 239 g/mol. The zero-order valence-electron chi connectivity index (χ0n) is 8.02. The summed E-state index contributed by atoms with van der Waals surface area (Å²) in [7, 11) is 0. The van der Waals surface area contributed by atoms with E-state index in [0.29, 0.717) is 11.4 Å². The number of benzene rings is 1. The van der Waals surface area contributed by atoms with Crippen molar-refractivity contribution in [1.82, 2.24) is 9.97 Å². The summed E-state index contributed by atoms with van der Waals surface area (Å²) in [5.74, 6) is 0.533. The second-order valence-electron chi connectivity index (χ2n) is 2.97. The molecule has 0 spiro atoms. The lowest BCUT2D eigenvalue weighted by Crippen LogP contribution is -1.94. The molecule has 1 heterocycles. The van der Waals surface area contributed by atoms with Gasteiger partial charge in [-0.2, -0.15) is 14.4 Å². The summed E-state index contributed by atoms with van der Waals surface area (Å²) in [5, 5.41) is -0.0158. The predicted molar refractivity (Wildman–Crippen MR) is 57.9 cm³/mol. The van der Waals surface area contributed by atoms with E-state index in [9.17, 15) is 4.39 Å². The Morgan fingerprint density at radius 3 is 2.50 bits per heavy atom. The highest BCUT2D eigenvalue weighted by atomic mass is 35.5. The van der Waals surface area contributed by atoms with Crippen LogP contribution in [0, 0.1) is 6.08 Å². The van der Waals surface area contributed by atoms with Crippen molar-refractivity contribution >= 4 is 17.3 Å². The van der Waals surface area contributed by atoms with E-state index in [1.807, 2.05) is 0 Å². The topological polar surface area (TPSA) is 61.0 Å². The summed E-state index contributed by atoms with van der Waals surface area (Å²) in [5.41, 5.74) is 6.12. The van der Waals surface area contributed by atoms with Gasteiger partial charge in [-0.3, -0.25) is 0 Å². The molecule has 0 saturated carbocycles. The molecule has 6 heteroatoms. The summed E-state index contributed by atoms with van der Waals surface area (Å²) in [6.45, 7) is 0. The first-order valence-corrected chi connectivity index (χ1v) is 4.75. The number of aromatic nitrogens is 2. The minimum Gasteiger partial charge on any atom is -0.439 e. The van der Waals surface area contributed by atoms with Gasteiger partial charge in [-0.05, 0) is 24.3 Å². The van der Waals surface area contributed by atoms with Gasteiger partial charge < -0.3 is 10.5 Å². The van der Waals surface area contributed by atoms with Crippen LogP contribution < -0.4 is 10.5 Å². The minimum atomic E-state index is -0.932. The fourth-order valence-electron chi connectivity index (χ4n) is 1.08. The molecule has 1 aromatic heterocycles. The van der Waals surface area contributed by atoms with Gasteiger partial charge in [-0.15, -0.1) is 0 Å². The van der Waals surface area contributed by atoms with Crippen molar-refractivity contribution in [1.29, 1.82) is 0 Å². The van der Waals surface area contributed by atoms with Crippen LogP contribution in [0.3, 0.4) is 0 Å². The molecule has 0 bridgehead atoms. The lowest BCUT2D eigenvalue weighted by Gasteiger charge is -2.04. The van der Waals surface area contributed by atoms with Gasteiger partial charge in [0.1, 0.15) is 10.9 Å². The van der Waals surface area contributed by atoms with Crippen LogP contribution in [0.5, 0.6) is 11.6 Å². The summed E-state index contributed by atoms with van der Waals surface area (Å²) in [6.07, 6.45) is -0.932. The maximum absolute atomic E-state index is 12.8. The summed E-state index contributed by atoms with van der Waals surface area (Å²) < 4.78 is 18.1. The minimum absolute atomic E-state index is 0.0158. The number of nitrogens with two attached hydrogens (primary N) is 1. The Bertz CT molecular complexity index is 484. The molecule has 0 radical (unpaired) electrons. The molecule has 82 valence electrons. The third kappa shape index (κ3) is 2.58. The molecular formula is C10H7ClFN3O. The van der Waals surface area contributed by atoms with Crippen LogP contribution in [-0.4, -0.2) is 9.97 Å². The van der Waals surface area contributed by atoms with Crippen molar-refractivity contribution in [2.75, 3.05) is 5.73 Å². The van der Waals surface area contributed by atoms with Crippen LogP contribution in [0.2, 0.25) is 5.15 Å². The van der Waals surface area contributed by atoms with Crippen LogP contribution in [0.4, 0.5) is 10.1 Å². The summed E-state index contributed by atoms with van der Waals surface area (Å²) in [4.78, 5) is 6.71. The van der Waals surface area contributed by atoms with Crippen molar-refractivity contribution in [3.8, 4) is 11.6 Å². The Balaban J connectivity index is 2.23. The first kappa shape index (κ1) is 10.6. The normalized spacial score (nSPS) is 10.1. The molecule has 0 unspecified atom stereocenters. The van der Waals surface area contributed by atoms with Gasteiger partial charge in [0, 0.05) is 11.8 Å². The Morgan fingerprint density at radius 1 is 1.19 bits per heavy atom. The number of ether oxygens (including phenoxy) is 1. The SMILES string of the molecule is Nc1ccc(Oc2cc(Cl)nc(F)n2)cc1. The Morgan fingerprint density at radius 2 is 1.88 bits per heavy atom. The average molecular weight is 240 g/mol. The van der Waals surface area contributed by atoms with Crippen LogP contribution in [-0.2, 0) is 0 Å². The standard InChI is InChI=1S/C10H7ClFN3O/c11-8-5-9(15-10(12)14-8)16-7-3-1-6(13)2-4-7/h1-5H,13H2. The van der Waals surface area contributed by atoms with Crippen LogP contribution in [0.15, 0.2) is 30.3 Å². The molecule has 0 aliphatic carbocycles. The molecule has 0 amide bonds. The smallest absolute Gasteiger partial charge is 0.313 e. The van der Waals surface area contributed by atoms with Gasteiger partial charge in [0.15, 0.2) is 0 Å². The molecule has 0 saturated heterocycles.